The molecule has 0 saturated carbocycles. The van der Waals surface area contributed by atoms with Crippen LogP contribution in [0.5, 0.6) is 5.75 Å². The third kappa shape index (κ3) is 13.7. The smallest absolute Gasteiger partial charge is 0.119 e. The molecule has 0 heterocycles. The lowest BCUT2D eigenvalue weighted by molar-refractivity contribution is -0.941. The van der Waals surface area contributed by atoms with E-state index in [9.17, 15) is 0 Å². The minimum atomic E-state index is 0.322. The summed E-state index contributed by atoms with van der Waals surface area (Å²) in [4.78, 5) is 0. The zero-order valence-corrected chi connectivity index (χ0v) is 30.2. The molecule has 0 N–H and O–H groups in total. The van der Waals surface area contributed by atoms with Crippen molar-refractivity contribution in [2.24, 2.45) is 0 Å². The van der Waals surface area contributed by atoms with Crippen molar-refractivity contribution in [3.8, 4) is 5.75 Å². The van der Waals surface area contributed by atoms with Crippen LogP contribution >= 0.6 is 0 Å². The number of rotatable bonds is 27. The molecule has 0 fully saturated rings. The predicted molar refractivity (Wildman–Crippen MR) is 195 cm³/mol. The predicted octanol–water partition coefficient (Wildman–Crippen LogP) is 13.0. The molecule has 2 nitrogen and oxygen atoms in total. The number of hydrogen-bond acceptors (Lipinski definition) is 1. The quantitative estimate of drug-likeness (QED) is 0.0726. The van der Waals surface area contributed by atoms with Crippen molar-refractivity contribution in [1.82, 2.24) is 0 Å². The Morgan fingerprint density at radius 3 is 1.32 bits per heavy atom. The Morgan fingerprint density at radius 1 is 0.477 bits per heavy atom. The molecular weight excluding hydrogens is 534 g/mol. The second kappa shape index (κ2) is 22.7. The molecule has 0 spiro atoms. The summed E-state index contributed by atoms with van der Waals surface area (Å²) < 4.78 is 7.59. The van der Waals surface area contributed by atoms with Crippen molar-refractivity contribution in [2.75, 3.05) is 19.6 Å². The SMILES string of the molecule is CCCCCC[N+](CCCCCC)(CCCCCC)Cc1ccc(COc2ccc(C(CCC)(CCC)CCC)cc2)cc1. The first kappa shape index (κ1) is 38.4. The van der Waals surface area contributed by atoms with E-state index in [0.29, 0.717) is 12.0 Å². The van der Waals surface area contributed by atoms with Gasteiger partial charge in [-0.3, -0.25) is 0 Å². The van der Waals surface area contributed by atoms with Gasteiger partial charge in [-0.15, -0.1) is 0 Å². The van der Waals surface area contributed by atoms with Crippen LogP contribution in [0.25, 0.3) is 0 Å². The van der Waals surface area contributed by atoms with Gasteiger partial charge in [-0.05, 0) is 86.5 Å². The first-order valence-electron chi connectivity index (χ1n) is 19.2. The summed E-state index contributed by atoms with van der Waals surface area (Å²) in [5, 5.41) is 0. The second-order valence-electron chi connectivity index (χ2n) is 14.0. The second-order valence-corrected chi connectivity index (χ2v) is 14.0. The lowest BCUT2D eigenvalue weighted by Gasteiger charge is -2.39. The molecule has 0 saturated heterocycles. The van der Waals surface area contributed by atoms with Gasteiger partial charge in [-0.25, -0.2) is 0 Å². The van der Waals surface area contributed by atoms with Gasteiger partial charge in [-0.2, -0.15) is 0 Å². The fraction of sp³-hybridized carbons (Fsp3) is 0.714. The number of benzene rings is 2. The van der Waals surface area contributed by atoms with E-state index < -0.39 is 0 Å². The molecule has 2 rings (SSSR count). The van der Waals surface area contributed by atoms with Gasteiger partial charge >= 0.3 is 0 Å². The van der Waals surface area contributed by atoms with Crippen molar-refractivity contribution in [3.63, 3.8) is 0 Å². The molecule has 0 aliphatic heterocycles. The Morgan fingerprint density at radius 2 is 0.909 bits per heavy atom. The largest absolute Gasteiger partial charge is 0.489 e. The topological polar surface area (TPSA) is 9.23 Å². The number of nitrogens with zero attached hydrogens (tertiary/aromatic N) is 1. The lowest BCUT2D eigenvalue weighted by Crippen LogP contribution is -2.49. The molecule has 0 aliphatic rings. The van der Waals surface area contributed by atoms with E-state index >= 15 is 0 Å². The zero-order chi connectivity index (χ0) is 31.9. The number of ether oxygens (including phenoxy) is 1. The van der Waals surface area contributed by atoms with Gasteiger partial charge in [0.2, 0.25) is 0 Å². The highest BCUT2D eigenvalue weighted by Gasteiger charge is 2.29. The maximum absolute atomic E-state index is 6.30. The third-order valence-electron chi connectivity index (χ3n) is 10.1. The number of quaternary nitrogens is 1. The normalized spacial score (nSPS) is 12.1. The molecule has 0 aromatic heterocycles. The Balaban J connectivity index is 2.10. The molecule has 0 atom stereocenters. The Hall–Kier alpha value is -1.80. The maximum atomic E-state index is 6.30. The minimum Gasteiger partial charge on any atom is -0.489 e. The Kier molecular flexibility index (Phi) is 19.8. The summed E-state index contributed by atoms with van der Waals surface area (Å²) in [6, 6.07) is 18.5. The average molecular weight is 607 g/mol. The van der Waals surface area contributed by atoms with Crippen LogP contribution in [0, 0.1) is 0 Å². The molecule has 0 aliphatic carbocycles. The number of hydrogen-bond donors (Lipinski definition) is 0. The highest BCUT2D eigenvalue weighted by molar-refractivity contribution is 5.33. The Labute approximate surface area is 275 Å². The van der Waals surface area contributed by atoms with E-state index in [1.165, 1.54) is 163 Å². The summed E-state index contributed by atoms with van der Waals surface area (Å²) in [6.45, 7) is 19.8. The van der Waals surface area contributed by atoms with Crippen LogP contribution in [-0.2, 0) is 18.6 Å². The van der Waals surface area contributed by atoms with Crippen molar-refractivity contribution < 1.29 is 9.22 Å². The van der Waals surface area contributed by atoms with Crippen molar-refractivity contribution in [3.05, 3.63) is 65.2 Å². The van der Waals surface area contributed by atoms with E-state index in [2.05, 4.69) is 90.1 Å². The molecule has 0 bridgehead atoms. The van der Waals surface area contributed by atoms with Crippen LogP contribution in [0.15, 0.2) is 48.5 Å². The standard InChI is InChI=1S/C42H72NO/c1-7-13-16-19-33-43(34-20-17-14-8-2,35-21-18-15-9-3)36-38-22-24-39(25-23-38)37-44-41-28-26-40(27-29-41)42(30-10-4,31-11-5)32-12-6/h22-29H,7-21,30-37H2,1-6H3/q+1. The summed E-state index contributed by atoms with van der Waals surface area (Å²) in [5.41, 5.74) is 4.59. The molecule has 2 aromatic rings. The van der Waals surface area contributed by atoms with Crippen LogP contribution in [-0.4, -0.2) is 24.1 Å². The molecule has 0 amide bonds. The van der Waals surface area contributed by atoms with Crippen molar-refractivity contribution in [1.29, 1.82) is 0 Å². The molecule has 44 heavy (non-hydrogen) atoms. The van der Waals surface area contributed by atoms with E-state index in [1.54, 1.807) is 0 Å². The van der Waals surface area contributed by atoms with Gasteiger partial charge < -0.3 is 9.22 Å². The highest BCUT2D eigenvalue weighted by atomic mass is 16.5. The highest BCUT2D eigenvalue weighted by Crippen LogP contribution is 2.39. The average Bonchev–Trinajstić information content (AvgIpc) is 3.04. The summed E-state index contributed by atoms with van der Waals surface area (Å²) in [5.74, 6) is 0.984. The van der Waals surface area contributed by atoms with Gasteiger partial charge in [0.25, 0.3) is 0 Å². The molecular formula is C42H72NO+. The summed E-state index contributed by atoms with van der Waals surface area (Å²) >= 11 is 0. The molecule has 0 radical (unpaired) electrons. The lowest BCUT2D eigenvalue weighted by atomic mass is 9.70. The van der Waals surface area contributed by atoms with Gasteiger partial charge in [0.1, 0.15) is 18.9 Å². The monoisotopic (exact) mass is 607 g/mol. The molecule has 250 valence electrons. The van der Waals surface area contributed by atoms with Crippen LogP contribution in [0.2, 0.25) is 0 Å². The zero-order valence-electron chi connectivity index (χ0n) is 30.2. The fourth-order valence-corrected chi connectivity index (χ4v) is 7.64. The maximum Gasteiger partial charge on any atom is 0.119 e. The van der Waals surface area contributed by atoms with E-state index in [-0.39, 0.29) is 0 Å². The van der Waals surface area contributed by atoms with Crippen LogP contribution < -0.4 is 4.74 Å². The first-order valence-corrected chi connectivity index (χ1v) is 19.2. The van der Waals surface area contributed by atoms with E-state index in [4.69, 9.17) is 4.74 Å². The minimum absolute atomic E-state index is 0.322. The summed E-state index contributed by atoms with van der Waals surface area (Å²) in [7, 11) is 0. The third-order valence-corrected chi connectivity index (χ3v) is 10.1. The van der Waals surface area contributed by atoms with E-state index in [1.807, 2.05) is 0 Å². The van der Waals surface area contributed by atoms with Gasteiger partial charge in [0, 0.05) is 5.56 Å². The van der Waals surface area contributed by atoms with Crippen molar-refractivity contribution in [2.45, 2.75) is 176 Å². The molecule has 2 aromatic carbocycles. The fourth-order valence-electron chi connectivity index (χ4n) is 7.64. The van der Waals surface area contributed by atoms with Crippen LogP contribution in [0.3, 0.4) is 0 Å². The van der Waals surface area contributed by atoms with Crippen LogP contribution in [0.4, 0.5) is 0 Å². The van der Waals surface area contributed by atoms with Gasteiger partial charge in [0.15, 0.2) is 0 Å². The summed E-state index contributed by atoms with van der Waals surface area (Å²) in [6.07, 6.45) is 23.9. The van der Waals surface area contributed by atoms with Gasteiger partial charge in [-0.1, -0.05) is 136 Å². The molecule has 2 heteroatoms. The first-order chi connectivity index (χ1) is 21.5. The Bertz CT molecular complexity index is 898. The van der Waals surface area contributed by atoms with E-state index in [0.717, 1.165) is 5.75 Å². The molecule has 0 unspecified atom stereocenters. The van der Waals surface area contributed by atoms with Gasteiger partial charge in [0.05, 0.1) is 19.6 Å². The van der Waals surface area contributed by atoms with Crippen molar-refractivity contribution >= 4 is 0 Å². The number of unbranched alkanes of at least 4 members (excludes halogenated alkanes) is 9. The van der Waals surface area contributed by atoms with Crippen LogP contribution in [0.1, 0.15) is 174 Å².